The monoisotopic (exact) mass is 464 g/mol. The summed E-state index contributed by atoms with van der Waals surface area (Å²) in [7, 11) is 0. The fourth-order valence-electron chi connectivity index (χ4n) is 3.94. The first-order valence-corrected chi connectivity index (χ1v) is 14.8. The summed E-state index contributed by atoms with van der Waals surface area (Å²) < 4.78 is 11.7. The Kier molecular flexibility index (Phi) is 28.9. The molecule has 0 aromatic heterocycles. The quantitative estimate of drug-likeness (QED) is 0.0888. The highest BCUT2D eigenvalue weighted by Crippen LogP contribution is 2.10. The molecule has 0 fully saturated rings. The van der Waals surface area contributed by atoms with Crippen molar-refractivity contribution < 1.29 is 9.47 Å². The van der Waals surface area contributed by atoms with Crippen molar-refractivity contribution in [2.45, 2.75) is 155 Å². The minimum Gasteiger partial charge on any atom is -0.379 e. The van der Waals surface area contributed by atoms with E-state index in [4.69, 9.17) is 9.47 Å². The average molecular weight is 465 g/mol. The van der Waals surface area contributed by atoms with Gasteiger partial charge in [0.25, 0.3) is 0 Å². The van der Waals surface area contributed by atoms with Crippen molar-refractivity contribution in [3.8, 4) is 0 Å². The predicted molar refractivity (Wildman–Crippen MR) is 148 cm³/mol. The van der Waals surface area contributed by atoms with Crippen LogP contribution < -0.4 is 0 Å². The lowest BCUT2D eigenvalue weighted by molar-refractivity contribution is -0.00869. The summed E-state index contributed by atoms with van der Waals surface area (Å²) in [4.78, 5) is 0. The Morgan fingerprint density at radius 3 is 1.36 bits per heavy atom. The number of hydrogen-bond donors (Lipinski definition) is 0. The van der Waals surface area contributed by atoms with E-state index in [0.29, 0.717) is 0 Å². The highest BCUT2D eigenvalue weighted by atomic mass is 16.5. The summed E-state index contributed by atoms with van der Waals surface area (Å²) in [5, 5.41) is 0. The van der Waals surface area contributed by atoms with E-state index in [9.17, 15) is 0 Å². The van der Waals surface area contributed by atoms with Gasteiger partial charge in [-0.2, -0.15) is 0 Å². The third kappa shape index (κ3) is 29.4. The molecule has 0 bridgehead atoms. The van der Waals surface area contributed by atoms with Gasteiger partial charge in [0, 0.05) is 13.2 Å². The number of ether oxygens (including phenoxy) is 2. The van der Waals surface area contributed by atoms with E-state index in [2.05, 4.69) is 45.1 Å². The van der Waals surface area contributed by atoms with Crippen molar-refractivity contribution in [3.63, 3.8) is 0 Å². The first-order chi connectivity index (χ1) is 16.3. The maximum atomic E-state index is 5.91. The first-order valence-electron chi connectivity index (χ1n) is 14.8. The fourth-order valence-corrected chi connectivity index (χ4v) is 3.94. The molecule has 0 amide bonds. The molecule has 0 heterocycles. The first kappa shape index (κ1) is 32.4. The molecule has 0 radical (unpaired) electrons. The summed E-state index contributed by atoms with van der Waals surface area (Å²) in [6, 6.07) is 0. The topological polar surface area (TPSA) is 18.5 Å². The van der Waals surface area contributed by atoms with Gasteiger partial charge in [0.2, 0.25) is 0 Å². The Morgan fingerprint density at radius 2 is 0.879 bits per heavy atom. The predicted octanol–water partition coefficient (Wildman–Crippen LogP) is 10.4. The van der Waals surface area contributed by atoms with Crippen LogP contribution in [0.1, 0.15) is 149 Å². The third-order valence-electron chi connectivity index (χ3n) is 6.21. The molecule has 33 heavy (non-hydrogen) atoms. The molecule has 0 N–H and O–H groups in total. The van der Waals surface area contributed by atoms with E-state index in [1.165, 1.54) is 128 Å². The van der Waals surface area contributed by atoms with Crippen LogP contribution in [0.25, 0.3) is 0 Å². The summed E-state index contributed by atoms with van der Waals surface area (Å²) >= 11 is 0. The molecule has 0 aliphatic heterocycles. The highest BCUT2D eigenvalue weighted by Gasteiger charge is 2.02. The van der Waals surface area contributed by atoms with Gasteiger partial charge < -0.3 is 9.47 Å². The summed E-state index contributed by atoms with van der Waals surface area (Å²) in [6.07, 6.45) is 35.9. The molecule has 0 saturated carbocycles. The maximum absolute atomic E-state index is 5.91. The van der Waals surface area contributed by atoms with Gasteiger partial charge in [-0.15, -0.1) is 0 Å². The Labute approximate surface area is 209 Å². The molecule has 2 nitrogen and oxygen atoms in total. The summed E-state index contributed by atoms with van der Waals surface area (Å²) in [5.41, 5.74) is 0. The van der Waals surface area contributed by atoms with E-state index in [1.54, 1.807) is 0 Å². The van der Waals surface area contributed by atoms with E-state index >= 15 is 0 Å². The normalized spacial score (nSPS) is 12.9. The Hall–Kier alpha value is -0.600. The molecule has 0 aliphatic carbocycles. The van der Waals surface area contributed by atoms with E-state index < -0.39 is 0 Å². The van der Waals surface area contributed by atoms with Crippen LogP contribution in [0.4, 0.5) is 0 Å². The molecule has 196 valence electrons. The smallest absolute Gasteiger partial charge is 0.0780 e. The zero-order valence-electron chi connectivity index (χ0n) is 23.0. The lowest BCUT2D eigenvalue weighted by Crippen LogP contribution is -2.17. The Bertz CT molecular complexity index is 402. The minimum atomic E-state index is 0.231. The lowest BCUT2D eigenvalue weighted by atomic mass is 10.1. The van der Waals surface area contributed by atoms with Crippen molar-refractivity contribution >= 4 is 0 Å². The van der Waals surface area contributed by atoms with Crippen molar-refractivity contribution in [2.75, 3.05) is 19.8 Å². The zero-order chi connectivity index (χ0) is 24.1. The van der Waals surface area contributed by atoms with Crippen LogP contribution in [0.15, 0.2) is 24.3 Å². The molecule has 0 saturated heterocycles. The molecular weight excluding hydrogens is 404 g/mol. The Morgan fingerprint density at radius 1 is 0.485 bits per heavy atom. The average Bonchev–Trinajstić information content (AvgIpc) is 2.82. The molecule has 0 aliphatic rings. The van der Waals surface area contributed by atoms with Gasteiger partial charge >= 0.3 is 0 Å². The molecule has 1 atom stereocenters. The van der Waals surface area contributed by atoms with Crippen molar-refractivity contribution in [3.05, 3.63) is 24.3 Å². The molecule has 0 rings (SSSR count). The minimum absolute atomic E-state index is 0.231. The number of hydrogen-bond acceptors (Lipinski definition) is 2. The van der Waals surface area contributed by atoms with E-state index in [1.807, 2.05) is 0 Å². The van der Waals surface area contributed by atoms with Gasteiger partial charge in [-0.3, -0.25) is 0 Å². The fraction of sp³-hybridized carbons (Fsp3) is 0.871. The number of rotatable bonds is 27. The van der Waals surface area contributed by atoms with Crippen LogP contribution in [0.3, 0.4) is 0 Å². The number of allylic oxidation sites excluding steroid dienone is 4. The van der Waals surface area contributed by atoms with Crippen LogP contribution in [0.2, 0.25) is 0 Å². The zero-order valence-corrected chi connectivity index (χ0v) is 23.0. The van der Waals surface area contributed by atoms with Gasteiger partial charge in [-0.05, 0) is 58.3 Å². The second kappa shape index (κ2) is 29.4. The van der Waals surface area contributed by atoms with Gasteiger partial charge in [0.15, 0.2) is 0 Å². The number of unbranched alkanes of at least 4 members (excludes halogenated alkanes) is 16. The molecule has 0 spiro atoms. The molecular formula is C31H60O2. The molecule has 2 heteroatoms. The summed E-state index contributed by atoms with van der Waals surface area (Å²) in [6.45, 7) is 9.18. The third-order valence-corrected chi connectivity index (χ3v) is 6.21. The standard InChI is InChI=1S/C31H60O2/c1-4-6-8-10-12-14-16-18-20-22-24-26-28-32-30-31(3)33-29-27-25-23-21-19-17-15-13-11-9-7-5-2/h10-13,31H,4-9,14-30H2,1-3H3/b12-10-,13-11-. The van der Waals surface area contributed by atoms with Gasteiger partial charge in [-0.25, -0.2) is 0 Å². The van der Waals surface area contributed by atoms with Crippen LogP contribution in [-0.2, 0) is 9.47 Å². The van der Waals surface area contributed by atoms with Crippen LogP contribution >= 0.6 is 0 Å². The summed E-state index contributed by atoms with van der Waals surface area (Å²) in [5.74, 6) is 0. The van der Waals surface area contributed by atoms with Gasteiger partial charge in [0.05, 0.1) is 12.7 Å². The Balaban J connectivity index is 3.20. The van der Waals surface area contributed by atoms with Gasteiger partial charge in [0.1, 0.15) is 0 Å². The van der Waals surface area contributed by atoms with Crippen LogP contribution in [0.5, 0.6) is 0 Å². The molecule has 0 aromatic rings. The van der Waals surface area contributed by atoms with Crippen molar-refractivity contribution in [1.82, 2.24) is 0 Å². The molecule has 0 aromatic carbocycles. The SMILES string of the molecule is CCCC/C=C\CCCCCCCCOCC(C)OCCCCCCCC/C=C\CCCC. The van der Waals surface area contributed by atoms with Crippen LogP contribution in [0, 0.1) is 0 Å². The van der Waals surface area contributed by atoms with Crippen LogP contribution in [-0.4, -0.2) is 25.9 Å². The largest absolute Gasteiger partial charge is 0.379 e. The highest BCUT2D eigenvalue weighted by molar-refractivity contribution is 4.81. The lowest BCUT2D eigenvalue weighted by Gasteiger charge is -2.13. The second-order valence-electron chi connectivity index (χ2n) is 9.80. The van der Waals surface area contributed by atoms with Crippen molar-refractivity contribution in [1.29, 1.82) is 0 Å². The van der Waals surface area contributed by atoms with Gasteiger partial charge in [-0.1, -0.05) is 115 Å². The maximum Gasteiger partial charge on any atom is 0.0780 e. The van der Waals surface area contributed by atoms with E-state index in [-0.39, 0.29) is 6.10 Å². The van der Waals surface area contributed by atoms with Crippen molar-refractivity contribution in [2.24, 2.45) is 0 Å². The second-order valence-corrected chi connectivity index (χ2v) is 9.80. The van der Waals surface area contributed by atoms with E-state index in [0.717, 1.165) is 19.8 Å². The molecule has 1 unspecified atom stereocenters.